The van der Waals surface area contributed by atoms with Gasteiger partial charge >= 0.3 is 5.97 Å². The molecule has 5 heteroatoms. The zero-order valence-corrected chi connectivity index (χ0v) is 21.3. The molecule has 0 bridgehead atoms. The molecule has 1 amide bonds. The van der Waals surface area contributed by atoms with Crippen LogP contribution in [0.1, 0.15) is 79.8 Å². The van der Waals surface area contributed by atoms with E-state index in [0.29, 0.717) is 12.0 Å². The van der Waals surface area contributed by atoms with E-state index in [1.807, 2.05) is 29.2 Å². The third-order valence-electron chi connectivity index (χ3n) is 7.34. The largest absolute Gasteiger partial charge is 0.465 e. The van der Waals surface area contributed by atoms with Gasteiger partial charge in [-0.15, -0.1) is 0 Å². The second kappa shape index (κ2) is 14.0. The Morgan fingerprint density at radius 2 is 1.77 bits per heavy atom. The van der Waals surface area contributed by atoms with Crippen LogP contribution in [0.5, 0.6) is 0 Å². The molecule has 3 atom stereocenters. The van der Waals surface area contributed by atoms with E-state index >= 15 is 0 Å². The van der Waals surface area contributed by atoms with Crippen LogP contribution < -0.4 is 0 Å². The number of rotatable bonds is 14. The van der Waals surface area contributed by atoms with Gasteiger partial charge in [-0.2, -0.15) is 0 Å². The lowest BCUT2D eigenvalue weighted by atomic mass is 9.92. The van der Waals surface area contributed by atoms with Gasteiger partial charge in [-0.1, -0.05) is 55.8 Å². The number of amides is 1. The highest BCUT2D eigenvalue weighted by Crippen LogP contribution is 2.26. The van der Waals surface area contributed by atoms with E-state index in [4.69, 9.17) is 4.74 Å². The van der Waals surface area contributed by atoms with Crippen LogP contribution >= 0.6 is 0 Å². The first-order valence-electron chi connectivity index (χ1n) is 13.2. The van der Waals surface area contributed by atoms with Crippen molar-refractivity contribution in [3.05, 3.63) is 71.3 Å². The number of ether oxygens (including phenoxy) is 1. The number of likely N-dealkylation sites (tertiary alicyclic amines) is 1. The number of methoxy groups -OCH3 is 1. The fourth-order valence-corrected chi connectivity index (χ4v) is 5.11. The molecule has 1 fully saturated rings. The summed E-state index contributed by atoms with van der Waals surface area (Å²) in [5.41, 5.74) is 3.01. The quantitative estimate of drug-likeness (QED) is 0.283. The van der Waals surface area contributed by atoms with E-state index in [0.717, 1.165) is 69.9 Å². The predicted octanol–water partition coefficient (Wildman–Crippen LogP) is 5.59. The fraction of sp³-hybridized carbons (Fsp3) is 0.533. The van der Waals surface area contributed by atoms with E-state index in [2.05, 4.69) is 31.2 Å². The van der Waals surface area contributed by atoms with Crippen molar-refractivity contribution in [1.82, 2.24) is 4.90 Å². The number of aryl methyl sites for hydroxylation is 2. The minimum Gasteiger partial charge on any atom is -0.465 e. The summed E-state index contributed by atoms with van der Waals surface area (Å²) in [5, 5.41) is 10.7. The van der Waals surface area contributed by atoms with Gasteiger partial charge in [-0.25, -0.2) is 4.79 Å². The van der Waals surface area contributed by atoms with E-state index in [1.54, 1.807) is 6.07 Å². The van der Waals surface area contributed by atoms with Gasteiger partial charge in [0.2, 0.25) is 5.91 Å². The molecule has 2 aromatic rings. The Morgan fingerprint density at radius 3 is 2.54 bits per heavy atom. The summed E-state index contributed by atoms with van der Waals surface area (Å²) < 4.78 is 4.80. The molecule has 0 radical (unpaired) electrons. The first kappa shape index (κ1) is 26.9. The molecule has 1 aliphatic rings. The number of hydrogen-bond acceptors (Lipinski definition) is 4. The SMILES string of the molecule is COC(=O)c1cccc(CCCN2C(=O)CCC2CC[C@@H](O)[C@@H](C)CCCCc2ccccc2)c1. The minimum atomic E-state index is -0.328. The molecule has 35 heavy (non-hydrogen) atoms. The van der Waals surface area contributed by atoms with Gasteiger partial charge in [0, 0.05) is 19.0 Å². The minimum absolute atomic E-state index is 0.224. The van der Waals surface area contributed by atoms with Crippen molar-refractivity contribution in [3.63, 3.8) is 0 Å². The molecule has 2 aromatic carbocycles. The normalized spacial score (nSPS) is 17.4. The maximum Gasteiger partial charge on any atom is 0.337 e. The molecule has 1 unspecified atom stereocenters. The number of esters is 1. The molecular weight excluding hydrogens is 438 g/mol. The molecule has 0 aliphatic carbocycles. The third kappa shape index (κ3) is 8.50. The molecule has 0 aromatic heterocycles. The molecule has 0 saturated carbocycles. The van der Waals surface area contributed by atoms with E-state index in [-0.39, 0.29) is 29.9 Å². The number of benzene rings is 2. The summed E-state index contributed by atoms with van der Waals surface area (Å²) >= 11 is 0. The third-order valence-corrected chi connectivity index (χ3v) is 7.34. The van der Waals surface area contributed by atoms with Gasteiger partial charge in [0.15, 0.2) is 0 Å². The van der Waals surface area contributed by atoms with E-state index in [9.17, 15) is 14.7 Å². The molecule has 1 N–H and O–H groups in total. The lowest BCUT2D eigenvalue weighted by molar-refractivity contribution is -0.129. The molecule has 3 rings (SSSR count). The Morgan fingerprint density at radius 1 is 1.03 bits per heavy atom. The number of hydrogen-bond donors (Lipinski definition) is 1. The average molecular weight is 480 g/mol. The Kier molecular flexibility index (Phi) is 10.8. The highest BCUT2D eigenvalue weighted by atomic mass is 16.5. The number of aliphatic hydroxyl groups is 1. The second-order valence-corrected chi connectivity index (χ2v) is 9.93. The van der Waals surface area contributed by atoms with Gasteiger partial charge in [0.25, 0.3) is 0 Å². The lowest BCUT2D eigenvalue weighted by Gasteiger charge is -2.27. The Balaban J connectivity index is 1.37. The summed E-state index contributed by atoms with van der Waals surface area (Å²) in [4.78, 5) is 26.2. The number of nitrogens with zero attached hydrogens (tertiary/aromatic N) is 1. The molecule has 190 valence electrons. The highest BCUT2D eigenvalue weighted by Gasteiger charge is 2.31. The number of carbonyl (C=O) groups is 2. The van der Waals surface area contributed by atoms with Gasteiger partial charge in [-0.05, 0) is 80.5 Å². The average Bonchev–Trinajstić information content (AvgIpc) is 3.24. The maximum atomic E-state index is 12.5. The summed E-state index contributed by atoms with van der Waals surface area (Å²) in [5.74, 6) is 0.172. The van der Waals surface area contributed by atoms with Crippen molar-refractivity contribution in [2.45, 2.75) is 83.3 Å². The first-order chi connectivity index (χ1) is 17.0. The molecule has 1 aliphatic heterocycles. The van der Waals surface area contributed by atoms with Crippen molar-refractivity contribution < 1.29 is 19.4 Å². The summed E-state index contributed by atoms with van der Waals surface area (Å²) in [6.45, 7) is 2.87. The number of carbonyl (C=O) groups excluding carboxylic acids is 2. The van der Waals surface area contributed by atoms with Gasteiger partial charge in [0.05, 0.1) is 18.8 Å². The fourth-order valence-electron chi connectivity index (χ4n) is 5.11. The summed E-state index contributed by atoms with van der Waals surface area (Å²) in [7, 11) is 1.39. The number of unbranched alkanes of at least 4 members (excludes halogenated alkanes) is 1. The van der Waals surface area contributed by atoms with Crippen LogP contribution in [0.15, 0.2) is 54.6 Å². The van der Waals surface area contributed by atoms with Gasteiger partial charge in [0.1, 0.15) is 0 Å². The van der Waals surface area contributed by atoms with E-state index < -0.39 is 0 Å². The highest BCUT2D eigenvalue weighted by molar-refractivity contribution is 5.89. The van der Waals surface area contributed by atoms with Gasteiger partial charge in [-0.3, -0.25) is 4.79 Å². The monoisotopic (exact) mass is 479 g/mol. The van der Waals surface area contributed by atoms with Crippen molar-refractivity contribution in [1.29, 1.82) is 0 Å². The smallest absolute Gasteiger partial charge is 0.337 e. The Hall–Kier alpha value is -2.66. The first-order valence-corrected chi connectivity index (χ1v) is 13.2. The van der Waals surface area contributed by atoms with Crippen LogP contribution in [0, 0.1) is 5.92 Å². The molecule has 0 spiro atoms. The second-order valence-electron chi connectivity index (χ2n) is 9.93. The zero-order chi connectivity index (χ0) is 25.0. The van der Waals surface area contributed by atoms with Gasteiger partial charge < -0.3 is 14.7 Å². The van der Waals surface area contributed by atoms with Crippen molar-refractivity contribution in [2.75, 3.05) is 13.7 Å². The molecule has 1 heterocycles. The molecular formula is C30H41NO4. The van der Waals surface area contributed by atoms with Crippen molar-refractivity contribution in [2.24, 2.45) is 5.92 Å². The maximum absolute atomic E-state index is 12.5. The molecule has 1 saturated heterocycles. The van der Waals surface area contributed by atoms with Crippen molar-refractivity contribution >= 4 is 11.9 Å². The van der Waals surface area contributed by atoms with Crippen LogP contribution in [0.25, 0.3) is 0 Å². The van der Waals surface area contributed by atoms with Crippen LogP contribution in [-0.4, -0.2) is 47.7 Å². The van der Waals surface area contributed by atoms with Crippen LogP contribution in [0.4, 0.5) is 0 Å². The Bertz CT molecular complexity index is 929. The zero-order valence-electron chi connectivity index (χ0n) is 21.3. The number of aliphatic hydroxyl groups excluding tert-OH is 1. The lowest BCUT2D eigenvalue weighted by Crippen LogP contribution is -2.35. The summed E-state index contributed by atoms with van der Waals surface area (Å²) in [6, 6.07) is 18.3. The van der Waals surface area contributed by atoms with Crippen LogP contribution in [0.3, 0.4) is 0 Å². The summed E-state index contributed by atoms with van der Waals surface area (Å²) in [6.07, 6.45) is 8.84. The topological polar surface area (TPSA) is 66.8 Å². The molecule has 5 nitrogen and oxygen atoms in total. The van der Waals surface area contributed by atoms with Crippen LogP contribution in [-0.2, 0) is 22.4 Å². The van der Waals surface area contributed by atoms with Crippen LogP contribution in [0.2, 0.25) is 0 Å². The predicted molar refractivity (Wildman–Crippen MR) is 139 cm³/mol. The Labute approximate surface area is 210 Å². The van der Waals surface area contributed by atoms with Crippen molar-refractivity contribution in [3.8, 4) is 0 Å². The standard InChI is InChI=1S/C30H41NO4/c1-23(10-6-7-13-24-11-4-3-5-12-24)28(32)19-17-27-18-20-29(33)31(27)21-9-15-25-14-8-16-26(22-25)30(34)35-2/h3-5,8,11-12,14,16,22-23,27-28,32H,6-7,9-10,13,15,17-21H2,1-2H3/t23-,27?,28+/m0/s1. The van der Waals surface area contributed by atoms with E-state index in [1.165, 1.54) is 12.7 Å².